The van der Waals surface area contributed by atoms with Gasteiger partial charge in [-0.3, -0.25) is 14.5 Å². The van der Waals surface area contributed by atoms with E-state index in [1.54, 1.807) is 0 Å². The van der Waals surface area contributed by atoms with Crippen molar-refractivity contribution in [2.45, 2.75) is 24.4 Å². The molecular weight excluding hydrogens is 528 g/mol. The topological polar surface area (TPSA) is 114 Å². The predicted octanol–water partition coefficient (Wildman–Crippen LogP) is 4.41. The molecule has 10 heteroatoms. The number of thioether (sulfide) groups is 1. The zero-order valence-corrected chi connectivity index (χ0v) is 22.4. The van der Waals surface area contributed by atoms with Crippen molar-refractivity contribution in [1.29, 1.82) is 0 Å². The molecular formula is C30H26N4O5S. The van der Waals surface area contributed by atoms with Gasteiger partial charge in [0, 0.05) is 18.2 Å². The van der Waals surface area contributed by atoms with Crippen molar-refractivity contribution < 1.29 is 23.9 Å². The van der Waals surface area contributed by atoms with Gasteiger partial charge in [0.2, 0.25) is 5.95 Å². The van der Waals surface area contributed by atoms with E-state index in [2.05, 4.69) is 15.3 Å². The number of nitrogens with zero attached hydrogens (tertiary/aromatic N) is 2. The second-order valence-electron chi connectivity index (χ2n) is 9.47. The Balaban J connectivity index is 1.29. The highest BCUT2D eigenvalue weighted by Crippen LogP contribution is 2.42. The molecule has 3 aromatic carbocycles. The first-order chi connectivity index (χ1) is 19.5. The third-order valence-electron chi connectivity index (χ3n) is 6.80. The average molecular weight is 555 g/mol. The number of ether oxygens (including phenoxy) is 2. The number of benzene rings is 3. The Morgan fingerprint density at radius 3 is 2.33 bits per heavy atom. The van der Waals surface area contributed by atoms with Crippen molar-refractivity contribution in [2.24, 2.45) is 0 Å². The summed E-state index contributed by atoms with van der Waals surface area (Å²) in [7, 11) is 0. The number of nitrogens with one attached hydrogen (secondary N) is 2. The van der Waals surface area contributed by atoms with Gasteiger partial charge in [0.1, 0.15) is 23.7 Å². The zero-order valence-electron chi connectivity index (χ0n) is 21.6. The molecule has 1 unspecified atom stereocenters. The fourth-order valence-corrected chi connectivity index (χ4v) is 6.21. The number of para-hydroxylation sites is 2. The molecule has 0 bridgehead atoms. The first kappa shape index (κ1) is 25.7. The van der Waals surface area contributed by atoms with Crippen LogP contribution in [0.15, 0.2) is 96.2 Å². The Morgan fingerprint density at radius 1 is 1.02 bits per heavy atom. The quantitative estimate of drug-likeness (QED) is 0.243. The molecule has 3 heterocycles. The second kappa shape index (κ2) is 10.9. The lowest BCUT2D eigenvalue weighted by Crippen LogP contribution is -2.68. The minimum atomic E-state index is -0.689. The van der Waals surface area contributed by atoms with Gasteiger partial charge in [-0.05, 0) is 23.3 Å². The molecule has 6 rings (SSSR count). The maximum atomic E-state index is 13.9. The standard InChI is InChI=1S/C30H26N4O5S/c1-18(35)38-16-21-17-40-28-24(33-30-31-22-14-8-9-15-23(22)32-30)27(36)34(28)25(21)29(37)39-26(19-10-4-2-5-11-19)20-12-6-3-7-13-20/h2-15,24,26,28H,16-17H2,1H3,(H2,31,32,33)/t24-,28?/m1/s1. The van der Waals surface area contributed by atoms with Crippen LogP contribution in [0.4, 0.5) is 5.95 Å². The summed E-state index contributed by atoms with van der Waals surface area (Å²) >= 11 is 1.49. The molecule has 1 saturated heterocycles. The van der Waals surface area contributed by atoms with E-state index in [0.717, 1.165) is 22.2 Å². The highest BCUT2D eigenvalue weighted by atomic mass is 32.2. The van der Waals surface area contributed by atoms with Gasteiger partial charge < -0.3 is 19.8 Å². The Kier molecular flexibility index (Phi) is 7.00. The van der Waals surface area contributed by atoms with E-state index in [1.807, 2.05) is 84.9 Å². The van der Waals surface area contributed by atoms with Gasteiger partial charge in [-0.15, -0.1) is 11.8 Å². The Labute approximate surface area is 234 Å². The molecule has 2 aliphatic rings. The van der Waals surface area contributed by atoms with Crippen LogP contribution >= 0.6 is 11.8 Å². The zero-order chi connectivity index (χ0) is 27.6. The van der Waals surface area contributed by atoms with E-state index in [9.17, 15) is 14.4 Å². The monoisotopic (exact) mass is 554 g/mol. The number of fused-ring (bicyclic) bond motifs is 2. The van der Waals surface area contributed by atoms with Crippen LogP contribution in [0.2, 0.25) is 0 Å². The molecule has 40 heavy (non-hydrogen) atoms. The van der Waals surface area contributed by atoms with Gasteiger partial charge in [-0.2, -0.15) is 0 Å². The normalized spacial score (nSPS) is 18.4. The van der Waals surface area contributed by atoms with Gasteiger partial charge in [0.25, 0.3) is 5.91 Å². The van der Waals surface area contributed by atoms with Gasteiger partial charge in [-0.25, -0.2) is 9.78 Å². The smallest absolute Gasteiger partial charge is 0.356 e. The van der Waals surface area contributed by atoms with Gasteiger partial charge in [0.15, 0.2) is 6.10 Å². The lowest BCUT2D eigenvalue weighted by atomic mass is 10.0. The van der Waals surface area contributed by atoms with Crippen LogP contribution in [-0.4, -0.2) is 56.5 Å². The summed E-state index contributed by atoms with van der Waals surface area (Å²) in [5.74, 6) is -0.544. The van der Waals surface area contributed by atoms with Crippen LogP contribution in [0.25, 0.3) is 11.0 Å². The first-order valence-corrected chi connectivity index (χ1v) is 13.9. The second-order valence-corrected chi connectivity index (χ2v) is 10.6. The number of aromatic nitrogens is 2. The van der Waals surface area contributed by atoms with Crippen LogP contribution < -0.4 is 5.32 Å². The van der Waals surface area contributed by atoms with Gasteiger partial charge >= 0.3 is 11.9 Å². The molecule has 1 fully saturated rings. The molecule has 0 saturated carbocycles. The minimum absolute atomic E-state index is 0.105. The van der Waals surface area contributed by atoms with Crippen molar-refractivity contribution in [3.63, 3.8) is 0 Å². The van der Waals surface area contributed by atoms with Crippen molar-refractivity contribution in [1.82, 2.24) is 14.9 Å². The van der Waals surface area contributed by atoms with Crippen molar-refractivity contribution in [3.05, 3.63) is 107 Å². The van der Waals surface area contributed by atoms with E-state index < -0.39 is 24.1 Å². The van der Waals surface area contributed by atoms with Crippen LogP contribution in [0.1, 0.15) is 24.2 Å². The molecule has 0 spiro atoms. The number of β-lactam (4-membered cyclic amide) rings is 1. The number of aromatic amines is 1. The van der Waals surface area contributed by atoms with Crippen molar-refractivity contribution in [3.8, 4) is 0 Å². The maximum absolute atomic E-state index is 13.9. The Morgan fingerprint density at radius 2 is 1.68 bits per heavy atom. The minimum Gasteiger partial charge on any atom is -0.461 e. The number of esters is 2. The predicted molar refractivity (Wildman–Crippen MR) is 151 cm³/mol. The number of imidazole rings is 1. The van der Waals surface area contributed by atoms with E-state index in [0.29, 0.717) is 17.3 Å². The summed E-state index contributed by atoms with van der Waals surface area (Å²) < 4.78 is 11.4. The van der Waals surface area contributed by atoms with Crippen LogP contribution in [0.3, 0.4) is 0 Å². The number of hydrogen-bond acceptors (Lipinski definition) is 8. The van der Waals surface area contributed by atoms with Crippen molar-refractivity contribution >= 4 is 46.6 Å². The number of amides is 1. The first-order valence-electron chi connectivity index (χ1n) is 12.8. The summed E-state index contributed by atoms with van der Waals surface area (Å²) in [5, 5.41) is 2.83. The highest BCUT2D eigenvalue weighted by Gasteiger charge is 2.54. The van der Waals surface area contributed by atoms with Gasteiger partial charge in [0.05, 0.1) is 11.0 Å². The number of H-pyrrole nitrogens is 1. The maximum Gasteiger partial charge on any atom is 0.356 e. The largest absolute Gasteiger partial charge is 0.461 e. The fraction of sp³-hybridized carbons (Fsp3) is 0.200. The van der Waals surface area contributed by atoms with E-state index in [1.165, 1.54) is 23.6 Å². The van der Waals surface area contributed by atoms with Crippen LogP contribution in [-0.2, 0) is 23.9 Å². The molecule has 1 amide bonds. The fourth-order valence-electron chi connectivity index (χ4n) is 4.89. The number of hydrogen-bond donors (Lipinski definition) is 2. The molecule has 0 radical (unpaired) electrons. The molecule has 2 N–H and O–H groups in total. The Hall–Kier alpha value is -4.57. The summed E-state index contributed by atoms with van der Waals surface area (Å²) in [5.41, 5.74) is 3.87. The third kappa shape index (κ3) is 4.93. The lowest BCUT2D eigenvalue weighted by Gasteiger charge is -2.49. The lowest BCUT2D eigenvalue weighted by molar-refractivity contribution is -0.152. The highest BCUT2D eigenvalue weighted by molar-refractivity contribution is 8.00. The number of anilines is 1. The van der Waals surface area contributed by atoms with E-state index in [-0.39, 0.29) is 23.6 Å². The van der Waals surface area contributed by atoms with Gasteiger partial charge in [-0.1, -0.05) is 72.8 Å². The SMILES string of the molecule is CC(=O)OCC1=C(C(=O)OC(c2ccccc2)c2ccccc2)N2C(=O)[C@@H](Nc3nc4ccccc4[nH]3)C2SC1. The summed E-state index contributed by atoms with van der Waals surface area (Å²) in [6, 6.07) is 25.9. The molecule has 9 nitrogen and oxygen atoms in total. The molecule has 2 atom stereocenters. The number of carbonyl (C=O) groups is 3. The molecule has 0 aliphatic carbocycles. The van der Waals surface area contributed by atoms with E-state index >= 15 is 0 Å². The summed E-state index contributed by atoms with van der Waals surface area (Å²) in [6.07, 6.45) is -0.689. The molecule has 1 aromatic heterocycles. The molecule has 4 aromatic rings. The number of rotatable bonds is 8. The molecule has 2 aliphatic heterocycles. The van der Waals surface area contributed by atoms with Crippen LogP contribution in [0.5, 0.6) is 0 Å². The molecule has 202 valence electrons. The number of carbonyl (C=O) groups excluding carboxylic acids is 3. The van der Waals surface area contributed by atoms with E-state index in [4.69, 9.17) is 9.47 Å². The third-order valence-corrected chi connectivity index (χ3v) is 8.14. The summed E-state index contributed by atoms with van der Waals surface area (Å²) in [6.45, 7) is 1.20. The average Bonchev–Trinajstić information content (AvgIpc) is 3.40. The Bertz CT molecular complexity index is 1530. The summed E-state index contributed by atoms with van der Waals surface area (Å²) in [4.78, 5) is 48.1. The van der Waals surface area contributed by atoms with Crippen molar-refractivity contribution in [2.75, 3.05) is 17.7 Å². The van der Waals surface area contributed by atoms with Crippen LogP contribution in [0, 0.1) is 0 Å².